The lowest BCUT2D eigenvalue weighted by Crippen LogP contribution is -2.28. The van der Waals surface area contributed by atoms with Crippen LogP contribution in [0.15, 0.2) is 35.4 Å². The first-order valence-electron chi connectivity index (χ1n) is 7.46. The number of aromatic hydroxyl groups is 2. The molecule has 1 atom stereocenters. The number of Topliss-reactive ketones (excluding diaryl/α,β-unsaturated/α-hetero) is 1. The molecule has 6 nitrogen and oxygen atoms in total. The highest BCUT2D eigenvalue weighted by atomic mass is 16.5. The number of rotatable bonds is 4. The Morgan fingerprint density at radius 1 is 1.17 bits per heavy atom. The number of ketones is 2. The first kappa shape index (κ1) is 17.5. The Balaban J connectivity index is 2.56. The van der Waals surface area contributed by atoms with E-state index in [4.69, 9.17) is 4.74 Å². The molecule has 1 aliphatic rings. The highest BCUT2D eigenvalue weighted by Gasteiger charge is 2.35. The molecule has 0 aromatic heterocycles. The van der Waals surface area contributed by atoms with Gasteiger partial charge in [-0.1, -0.05) is 12.5 Å². The van der Waals surface area contributed by atoms with Crippen LogP contribution in [0.5, 0.6) is 11.5 Å². The van der Waals surface area contributed by atoms with E-state index in [9.17, 15) is 24.6 Å². The lowest BCUT2D eigenvalue weighted by molar-refractivity contribution is -0.144. The van der Waals surface area contributed by atoms with Gasteiger partial charge in [0.15, 0.2) is 11.6 Å². The van der Waals surface area contributed by atoms with Crippen LogP contribution in [-0.2, 0) is 9.53 Å². The number of phenolic OH excluding ortho intramolecular Hbond substituents is 2. The molecule has 1 aliphatic carbocycles. The second-order valence-corrected chi connectivity index (χ2v) is 5.65. The number of allylic oxidation sites excluding steroid dienone is 2. The SMILES string of the molecule is CCC(=O)OC(C=C(C)C)C1=CC(=O)c2c(O)ccc(O)c2C1=O. The smallest absolute Gasteiger partial charge is 0.306 e. The lowest BCUT2D eigenvalue weighted by Gasteiger charge is -2.22. The quantitative estimate of drug-likeness (QED) is 0.500. The summed E-state index contributed by atoms with van der Waals surface area (Å²) in [5.74, 6) is -2.62. The third kappa shape index (κ3) is 3.22. The number of phenols is 2. The van der Waals surface area contributed by atoms with Crippen LogP contribution < -0.4 is 0 Å². The number of fused-ring (bicyclic) bond motifs is 1. The minimum atomic E-state index is -1.03. The summed E-state index contributed by atoms with van der Waals surface area (Å²) in [6, 6.07) is 2.28. The monoisotopic (exact) mass is 330 g/mol. The first-order chi connectivity index (χ1) is 11.3. The Hall–Kier alpha value is -2.89. The van der Waals surface area contributed by atoms with Crippen molar-refractivity contribution >= 4 is 17.5 Å². The molecule has 126 valence electrons. The third-order valence-electron chi connectivity index (χ3n) is 3.52. The van der Waals surface area contributed by atoms with Crippen LogP contribution in [0.3, 0.4) is 0 Å². The van der Waals surface area contributed by atoms with Crippen molar-refractivity contribution in [3.8, 4) is 11.5 Å². The second kappa shape index (κ2) is 6.70. The molecule has 1 aromatic carbocycles. The summed E-state index contributed by atoms with van der Waals surface area (Å²) in [5.41, 5.74) is 0.200. The van der Waals surface area contributed by atoms with E-state index in [1.807, 2.05) is 0 Å². The zero-order valence-electron chi connectivity index (χ0n) is 13.6. The van der Waals surface area contributed by atoms with Gasteiger partial charge in [0.25, 0.3) is 0 Å². The Kier molecular flexibility index (Phi) is 4.87. The van der Waals surface area contributed by atoms with Gasteiger partial charge in [-0.15, -0.1) is 0 Å². The van der Waals surface area contributed by atoms with Crippen molar-refractivity contribution in [2.45, 2.75) is 33.3 Å². The molecule has 1 aromatic rings. The molecule has 0 aliphatic heterocycles. The van der Waals surface area contributed by atoms with Crippen molar-refractivity contribution in [2.24, 2.45) is 0 Å². The molecule has 0 fully saturated rings. The van der Waals surface area contributed by atoms with Crippen molar-refractivity contribution < 1.29 is 29.3 Å². The Morgan fingerprint density at radius 2 is 1.75 bits per heavy atom. The number of hydrogen-bond donors (Lipinski definition) is 2. The average Bonchev–Trinajstić information content (AvgIpc) is 2.51. The molecular formula is C18H18O6. The molecule has 6 heteroatoms. The number of carbonyl (C=O) groups excluding carboxylic acids is 3. The maximum absolute atomic E-state index is 12.7. The van der Waals surface area contributed by atoms with Crippen molar-refractivity contribution in [3.05, 3.63) is 46.6 Å². The van der Waals surface area contributed by atoms with Crippen molar-refractivity contribution in [2.75, 3.05) is 0 Å². The van der Waals surface area contributed by atoms with Gasteiger partial charge in [-0.25, -0.2) is 0 Å². The van der Waals surface area contributed by atoms with Gasteiger partial charge in [-0.05, 0) is 38.1 Å². The normalized spacial score (nSPS) is 14.5. The fourth-order valence-electron chi connectivity index (χ4n) is 2.41. The summed E-state index contributed by atoms with van der Waals surface area (Å²) in [6.07, 6.45) is 1.67. The molecule has 0 saturated heterocycles. The number of esters is 1. The second-order valence-electron chi connectivity index (χ2n) is 5.65. The van der Waals surface area contributed by atoms with Crippen LogP contribution in [0, 0.1) is 0 Å². The number of benzene rings is 1. The number of hydrogen-bond acceptors (Lipinski definition) is 6. The highest BCUT2D eigenvalue weighted by Crippen LogP contribution is 2.36. The summed E-state index contributed by atoms with van der Waals surface area (Å²) in [5, 5.41) is 19.8. The topological polar surface area (TPSA) is 101 Å². The van der Waals surface area contributed by atoms with Crippen LogP contribution in [0.4, 0.5) is 0 Å². The van der Waals surface area contributed by atoms with E-state index in [0.717, 1.165) is 23.8 Å². The number of carbonyl (C=O) groups is 3. The van der Waals surface area contributed by atoms with Gasteiger partial charge >= 0.3 is 5.97 Å². The van der Waals surface area contributed by atoms with Gasteiger partial charge in [0.05, 0.1) is 11.1 Å². The van der Waals surface area contributed by atoms with E-state index in [-0.39, 0.29) is 28.9 Å². The van der Waals surface area contributed by atoms with E-state index in [0.29, 0.717) is 0 Å². The summed E-state index contributed by atoms with van der Waals surface area (Å²) in [7, 11) is 0. The molecule has 0 saturated carbocycles. The van der Waals surface area contributed by atoms with Crippen molar-refractivity contribution in [1.29, 1.82) is 0 Å². The van der Waals surface area contributed by atoms with Crippen LogP contribution in [0.25, 0.3) is 0 Å². The molecule has 0 bridgehead atoms. The average molecular weight is 330 g/mol. The highest BCUT2D eigenvalue weighted by molar-refractivity contribution is 6.27. The Bertz CT molecular complexity index is 781. The molecule has 0 spiro atoms. The van der Waals surface area contributed by atoms with Crippen LogP contribution >= 0.6 is 0 Å². The summed E-state index contributed by atoms with van der Waals surface area (Å²) in [6.45, 7) is 5.14. The van der Waals surface area contributed by atoms with Gasteiger partial charge < -0.3 is 14.9 Å². The molecule has 0 amide bonds. The minimum absolute atomic E-state index is 0.0589. The lowest BCUT2D eigenvalue weighted by atomic mass is 9.85. The molecule has 2 rings (SSSR count). The van der Waals surface area contributed by atoms with Crippen molar-refractivity contribution in [1.82, 2.24) is 0 Å². The zero-order valence-corrected chi connectivity index (χ0v) is 13.6. The van der Waals surface area contributed by atoms with Gasteiger partial charge in [0, 0.05) is 12.0 Å². The fraction of sp³-hybridized carbons (Fsp3) is 0.278. The predicted octanol–water partition coefficient (Wildman–Crippen LogP) is 2.69. The number of ether oxygens (including phenoxy) is 1. The third-order valence-corrected chi connectivity index (χ3v) is 3.52. The van der Waals surface area contributed by atoms with Gasteiger partial charge in [0.1, 0.15) is 17.6 Å². The van der Waals surface area contributed by atoms with Gasteiger partial charge in [-0.3, -0.25) is 14.4 Å². The minimum Gasteiger partial charge on any atom is -0.507 e. The summed E-state index contributed by atoms with van der Waals surface area (Å²) >= 11 is 0. The molecule has 0 heterocycles. The van der Waals surface area contributed by atoms with Crippen LogP contribution in [0.1, 0.15) is 47.9 Å². The van der Waals surface area contributed by atoms with E-state index in [1.54, 1.807) is 26.8 Å². The van der Waals surface area contributed by atoms with E-state index < -0.39 is 29.4 Å². The molecule has 24 heavy (non-hydrogen) atoms. The van der Waals surface area contributed by atoms with E-state index >= 15 is 0 Å². The predicted molar refractivity (Wildman–Crippen MR) is 86.1 cm³/mol. The van der Waals surface area contributed by atoms with Gasteiger partial charge in [-0.2, -0.15) is 0 Å². The molecule has 2 N–H and O–H groups in total. The Morgan fingerprint density at radius 3 is 2.29 bits per heavy atom. The van der Waals surface area contributed by atoms with Crippen LogP contribution in [-0.4, -0.2) is 33.9 Å². The molecule has 1 unspecified atom stereocenters. The summed E-state index contributed by atoms with van der Waals surface area (Å²) in [4.78, 5) is 36.7. The largest absolute Gasteiger partial charge is 0.507 e. The standard InChI is InChI=1S/C18H18O6/c1-4-15(22)24-14(7-9(2)3)10-8-13(21)16-11(19)5-6-12(20)17(16)18(10)23/h5-8,14,19-20H,4H2,1-3H3. The zero-order chi connectivity index (χ0) is 18.0. The maximum atomic E-state index is 12.7. The van der Waals surface area contributed by atoms with E-state index in [1.165, 1.54) is 0 Å². The maximum Gasteiger partial charge on any atom is 0.306 e. The fourth-order valence-corrected chi connectivity index (χ4v) is 2.41. The molecular weight excluding hydrogens is 312 g/mol. The Labute approximate surface area is 139 Å². The van der Waals surface area contributed by atoms with Gasteiger partial charge in [0.2, 0.25) is 0 Å². The van der Waals surface area contributed by atoms with E-state index in [2.05, 4.69) is 0 Å². The molecule has 0 radical (unpaired) electrons. The van der Waals surface area contributed by atoms with Crippen LogP contribution in [0.2, 0.25) is 0 Å². The first-order valence-corrected chi connectivity index (χ1v) is 7.46. The van der Waals surface area contributed by atoms with Crippen molar-refractivity contribution in [3.63, 3.8) is 0 Å². The summed E-state index contributed by atoms with van der Waals surface area (Å²) < 4.78 is 5.25.